The second kappa shape index (κ2) is 8.89. The van der Waals surface area contributed by atoms with E-state index in [1.165, 1.54) is 58.4 Å². The van der Waals surface area contributed by atoms with Gasteiger partial charge in [-0.05, 0) is 71.9 Å². The van der Waals surface area contributed by atoms with Crippen LogP contribution in [0.15, 0.2) is 0 Å². The van der Waals surface area contributed by atoms with E-state index in [1.807, 2.05) is 0 Å². The summed E-state index contributed by atoms with van der Waals surface area (Å²) in [6, 6.07) is 0.733. The van der Waals surface area contributed by atoms with Gasteiger partial charge in [0.2, 0.25) is 0 Å². The lowest BCUT2D eigenvalue weighted by Gasteiger charge is -2.32. The van der Waals surface area contributed by atoms with Crippen LogP contribution in [0.5, 0.6) is 0 Å². The van der Waals surface area contributed by atoms with Crippen LogP contribution in [0, 0.1) is 5.92 Å². The minimum atomic E-state index is 0.733. The van der Waals surface area contributed by atoms with E-state index in [4.69, 9.17) is 0 Å². The predicted molar refractivity (Wildman–Crippen MR) is 80.1 cm³/mol. The van der Waals surface area contributed by atoms with E-state index in [0.29, 0.717) is 0 Å². The van der Waals surface area contributed by atoms with Gasteiger partial charge in [-0.25, -0.2) is 0 Å². The second-order valence-corrected chi connectivity index (χ2v) is 6.22. The molecule has 18 heavy (non-hydrogen) atoms. The summed E-state index contributed by atoms with van der Waals surface area (Å²) in [6.07, 6.45) is 5.25. The molecule has 0 amide bonds. The molecule has 0 aromatic carbocycles. The summed E-state index contributed by atoms with van der Waals surface area (Å²) in [4.78, 5) is 4.97. The minimum absolute atomic E-state index is 0.733. The Hall–Kier alpha value is -0.120. The Balaban J connectivity index is 2.25. The minimum Gasteiger partial charge on any atom is -0.314 e. The molecule has 0 aromatic heterocycles. The van der Waals surface area contributed by atoms with Gasteiger partial charge in [0.05, 0.1) is 0 Å². The van der Waals surface area contributed by atoms with Crippen LogP contribution in [0.25, 0.3) is 0 Å². The molecule has 0 aliphatic carbocycles. The topological polar surface area (TPSA) is 18.5 Å². The highest BCUT2D eigenvalue weighted by Gasteiger charge is 2.17. The highest BCUT2D eigenvalue weighted by atomic mass is 15.1. The zero-order valence-corrected chi connectivity index (χ0v) is 12.9. The molecule has 1 heterocycles. The summed E-state index contributed by atoms with van der Waals surface area (Å²) in [7, 11) is 4.32. The van der Waals surface area contributed by atoms with Crippen molar-refractivity contribution < 1.29 is 0 Å². The second-order valence-electron chi connectivity index (χ2n) is 6.22. The maximum absolute atomic E-state index is 3.69. The molecule has 0 spiro atoms. The van der Waals surface area contributed by atoms with Crippen molar-refractivity contribution in [2.24, 2.45) is 5.92 Å². The zero-order valence-electron chi connectivity index (χ0n) is 12.9. The van der Waals surface area contributed by atoms with Crippen LogP contribution >= 0.6 is 0 Å². The smallest absolute Gasteiger partial charge is 0.00767 e. The first kappa shape index (κ1) is 15.9. The van der Waals surface area contributed by atoms with Gasteiger partial charge in [-0.3, -0.25) is 0 Å². The molecule has 1 aliphatic heterocycles. The van der Waals surface area contributed by atoms with Crippen LogP contribution in [0.1, 0.15) is 39.5 Å². The van der Waals surface area contributed by atoms with Gasteiger partial charge >= 0.3 is 0 Å². The molecule has 2 atom stereocenters. The first-order valence-electron chi connectivity index (χ1n) is 7.72. The molecular formula is C15H33N3. The molecule has 0 saturated carbocycles. The van der Waals surface area contributed by atoms with Crippen molar-refractivity contribution in [2.45, 2.75) is 45.6 Å². The first-order valence-corrected chi connectivity index (χ1v) is 7.72. The average Bonchev–Trinajstić information content (AvgIpc) is 2.31. The summed E-state index contributed by atoms with van der Waals surface area (Å²) in [6.45, 7) is 10.9. The maximum Gasteiger partial charge on any atom is 0.00767 e. The fourth-order valence-corrected chi connectivity index (χ4v) is 2.72. The Kier molecular flexibility index (Phi) is 7.87. The standard InChI is InChI=1S/C15H33N3/c1-5-15-8-11-18(13-14(2)12-16-15)10-7-6-9-17(3)4/h14-16H,5-13H2,1-4H3. The number of nitrogens with one attached hydrogen (secondary N) is 1. The summed E-state index contributed by atoms with van der Waals surface area (Å²) >= 11 is 0. The van der Waals surface area contributed by atoms with Crippen molar-refractivity contribution in [3.8, 4) is 0 Å². The van der Waals surface area contributed by atoms with Crippen LogP contribution in [-0.2, 0) is 0 Å². The fraction of sp³-hybridized carbons (Fsp3) is 1.00. The molecule has 1 fully saturated rings. The molecule has 3 heteroatoms. The molecule has 1 N–H and O–H groups in total. The van der Waals surface area contributed by atoms with Crippen LogP contribution in [-0.4, -0.2) is 62.7 Å². The fourth-order valence-electron chi connectivity index (χ4n) is 2.72. The average molecular weight is 255 g/mol. The number of nitrogens with zero attached hydrogens (tertiary/aromatic N) is 2. The van der Waals surface area contributed by atoms with Gasteiger partial charge < -0.3 is 15.1 Å². The maximum atomic E-state index is 3.69. The van der Waals surface area contributed by atoms with E-state index < -0.39 is 0 Å². The van der Waals surface area contributed by atoms with E-state index in [1.54, 1.807) is 0 Å². The van der Waals surface area contributed by atoms with Crippen molar-refractivity contribution >= 4 is 0 Å². The Bertz CT molecular complexity index is 206. The van der Waals surface area contributed by atoms with Gasteiger partial charge in [0.15, 0.2) is 0 Å². The van der Waals surface area contributed by atoms with Gasteiger partial charge in [0, 0.05) is 12.6 Å². The number of rotatable bonds is 6. The third-order valence-electron chi connectivity index (χ3n) is 3.94. The van der Waals surface area contributed by atoms with Crippen molar-refractivity contribution in [1.82, 2.24) is 15.1 Å². The summed E-state index contributed by atoms with van der Waals surface area (Å²) in [5.41, 5.74) is 0. The molecule has 1 rings (SSSR count). The molecule has 1 aliphatic rings. The lowest BCUT2D eigenvalue weighted by Crippen LogP contribution is -2.43. The molecule has 1 saturated heterocycles. The van der Waals surface area contributed by atoms with E-state index >= 15 is 0 Å². The van der Waals surface area contributed by atoms with E-state index in [0.717, 1.165) is 12.0 Å². The lowest BCUT2D eigenvalue weighted by molar-refractivity contribution is 0.192. The Labute approximate surface area is 114 Å². The molecular weight excluding hydrogens is 222 g/mol. The van der Waals surface area contributed by atoms with Gasteiger partial charge in [0.1, 0.15) is 0 Å². The highest BCUT2D eigenvalue weighted by molar-refractivity contribution is 4.75. The monoisotopic (exact) mass is 255 g/mol. The van der Waals surface area contributed by atoms with Crippen LogP contribution < -0.4 is 5.32 Å². The molecule has 108 valence electrons. The van der Waals surface area contributed by atoms with Crippen molar-refractivity contribution in [1.29, 1.82) is 0 Å². The molecule has 0 bridgehead atoms. The summed E-state index contributed by atoms with van der Waals surface area (Å²) < 4.78 is 0. The summed E-state index contributed by atoms with van der Waals surface area (Å²) in [5, 5.41) is 3.69. The van der Waals surface area contributed by atoms with Gasteiger partial charge in [-0.15, -0.1) is 0 Å². The van der Waals surface area contributed by atoms with Crippen LogP contribution in [0.3, 0.4) is 0 Å². The summed E-state index contributed by atoms with van der Waals surface area (Å²) in [5.74, 6) is 0.785. The largest absolute Gasteiger partial charge is 0.314 e. The SMILES string of the molecule is CCC1CCN(CCCCN(C)C)CC(C)CN1. The van der Waals surface area contributed by atoms with Gasteiger partial charge in [-0.1, -0.05) is 13.8 Å². The third-order valence-corrected chi connectivity index (χ3v) is 3.94. The molecule has 3 nitrogen and oxygen atoms in total. The van der Waals surface area contributed by atoms with Gasteiger partial charge in [-0.2, -0.15) is 0 Å². The molecule has 0 radical (unpaired) electrons. The zero-order chi connectivity index (χ0) is 13.4. The number of hydrogen-bond acceptors (Lipinski definition) is 3. The Morgan fingerprint density at radius 1 is 1.28 bits per heavy atom. The van der Waals surface area contributed by atoms with E-state index in [-0.39, 0.29) is 0 Å². The lowest BCUT2D eigenvalue weighted by atomic mass is 10.0. The molecule has 0 aromatic rings. The first-order chi connectivity index (χ1) is 8.61. The van der Waals surface area contributed by atoms with E-state index in [2.05, 4.69) is 43.1 Å². The third kappa shape index (κ3) is 6.72. The van der Waals surface area contributed by atoms with Crippen molar-refractivity contribution in [2.75, 3.05) is 46.8 Å². The Morgan fingerprint density at radius 2 is 2.06 bits per heavy atom. The quantitative estimate of drug-likeness (QED) is 0.733. The van der Waals surface area contributed by atoms with E-state index in [9.17, 15) is 0 Å². The number of unbranched alkanes of at least 4 members (excludes halogenated alkanes) is 1. The van der Waals surface area contributed by atoms with Crippen LogP contribution in [0.2, 0.25) is 0 Å². The highest BCUT2D eigenvalue weighted by Crippen LogP contribution is 2.10. The Morgan fingerprint density at radius 3 is 2.72 bits per heavy atom. The van der Waals surface area contributed by atoms with Crippen LogP contribution in [0.4, 0.5) is 0 Å². The van der Waals surface area contributed by atoms with Crippen molar-refractivity contribution in [3.63, 3.8) is 0 Å². The number of hydrogen-bond donors (Lipinski definition) is 1. The predicted octanol–water partition coefficient (Wildman–Crippen LogP) is 2.04. The van der Waals surface area contributed by atoms with Gasteiger partial charge in [0.25, 0.3) is 0 Å². The molecule has 2 unspecified atom stereocenters. The normalized spacial score (nSPS) is 27.2. The van der Waals surface area contributed by atoms with Crippen molar-refractivity contribution in [3.05, 3.63) is 0 Å².